The summed E-state index contributed by atoms with van der Waals surface area (Å²) >= 11 is 0. The molecule has 248 valence electrons. The average molecular weight is 645 g/mol. The summed E-state index contributed by atoms with van der Waals surface area (Å²) in [5.74, 6) is -5.03. The van der Waals surface area contributed by atoms with Crippen LogP contribution in [0.5, 0.6) is 0 Å². The van der Waals surface area contributed by atoms with Crippen molar-refractivity contribution < 1.29 is 31.9 Å². The zero-order chi connectivity index (χ0) is 32.5. The van der Waals surface area contributed by atoms with Crippen LogP contribution in [0.25, 0.3) is 0 Å². The minimum absolute atomic E-state index is 0.0213. The molecule has 46 heavy (non-hydrogen) atoms. The maximum atomic E-state index is 15.3. The van der Waals surface area contributed by atoms with Gasteiger partial charge < -0.3 is 10.0 Å². The number of halogens is 5. The molecule has 0 radical (unpaired) electrons. The van der Waals surface area contributed by atoms with Crippen LogP contribution in [0.4, 0.5) is 27.8 Å². The van der Waals surface area contributed by atoms with Crippen molar-refractivity contribution in [3.63, 3.8) is 0 Å². The zero-order valence-corrected chi connectivity index (χ0v) is 26.0. The van der Waals surface area contributed by atoms with Gasteiger partial charge >= 0.3 is 12.1 Å². The van der Waals surface area contributed by atoms with Gasteiger partial charge in [0.25, 0.3) is 0 Å². The number of nitrogens with zero attached hydrogens (tertiary/aromatic N) is 4. The molecule has 0 spiro atoms. The molecule has 1 aromatic heterocycles. The number of aliphatic hydroxyl groups is 1. The first kappa shape index (κ1) is 31.7. The molecule has 0 amide bonds. The lowest BCUT2D eigenvalue weighted by Gasteiger charge is -2.59. The normalized spacial score (nSPS) is 35.3. The Bertz CT molecular complexity index is 1480. The number of hydrogen-bond acceptors (Lipinski definition) is 6. The second-order valence-electron chi connectivity index (χ2n) is 14.5. The summed E-state index contributed by atoms with van der Waals surface area (Å²) in [5, 5.41) is 11.5. The van der Waals surface area contributed by atoms with Gasteiger partial charge in [0, 0.05) is 57.0 Å². The Morgan fingerprint density at radius 1 is 0.957 bits per heavy atom. The summed E-state index contributed by atoms with van der Waals surface area (Å²) in [7, 11) is 0. The van der Waals surface area contributed by atoms with Crippen LogP contribution in [0.15, 0.2) is 54.5 Å². The molecule has 4 aliphatic carbocycles. The Morgan fingerprint density at radius 2 is 1.70 bits per heavy atom. The van der Waals surface area contributed by atoms with Gasteiger partial charge in [0.2, 0.25) is 0 Å². The number of carbonyl (C=O) groups excluding carboxylic acids is 1. The molecule has 0 bridgehead atoms. The number of carbonyl (C=O) groups is 1. The van der Waals surface area contributed by atoms with Crippen LogP contribution in [0.2, 0.25) is 0 Å². The lowest BCUT2D eigenvalue weighted by Crippen LogP contribution is -2.66. The third-order valence-corrected chi connectivity index (χ3v) is 12.4. The van der Waals surface area contributed by atoms with Gasteiger partial charge in [-0.1, -0.05) is 36.8 Å². The third-order valence-electron chi connectivity index (χ3n) is 12.4. The van der Waals surface area contributed by atoms with Crippen LogP contribution in [-0.4, -0.2) is 69.6 Å². The molecule has 3 saturated carbocycles. The van der Waals surface area contributed by atoms with Crippen molar-refractivity contribution in [2.24, 2.45) is 29.1 Å². The quantitative estimate of drug-likeness (QED) is 0.372. The molecule has 4 fully saturated rings. The predicted molar refractivity (Wildman–Crippen MR) is 162 cm³/mol. The summed E-state index contributed by atoms with van der Waals surface area (Å²) in [6, 6.07) is 8.11. The second kappa shape index (κ2) is 11.4. The minimum Gasteiger partial charge on any atom is -0.383 e. The molecule has 7 rings (SSSR count). The van der Waals surface area contributed by atoms with Gasteiger partial charge in [-0.25, -0.2) is 4.98 Å². The van der Waals surface area contributed by atoms with Crippen molar-refractivity contribution in [3.8, 4) is 0 Å². The number of piperazine rings is 1. The Kier molecular flexibility index (Phi) is 7.82. The Labute approximate surface area is 266 Å². The molecule has 1 aliphatic heterocycles. The molecule has 2 aromatic rings. The van der Waals surface area contributed by atoms with Gasteiger partial charge in [-0.05, 0) is 85.3 Å². The number of rotatable bonds is 5. The van der Waals surface area contributed by atoms with Crippen molar-refractivity contribution in [2.75, 3.05) is 31.1 Å². The number of hydrogen-bond donors (Lipinski definition) is 1. The SMILES string of the molecule is CC12C[C@H](c3ccc(CN4CCN(c5cnccn5)CC4)cc3)C3C4CCC(=O)C=C4CCC3C1CC[C@@]2(O)C(F)(F)C(F)(F)F. The topological polar surface area (TPSA) is 69.6 Å². The first-order valence-corrected chi connectivity index (χ1v) is 16.5. The van der Waals surface area contributed by atoms with E-state index in [4.69, 9.17) is 0 Å². The van der Waals surface area contributed by atoms with Gasteiger partial charge in [0.05, 0.1) is 6.20 Å². The number of aromatic nitrogens is 2. The summed E-state index contributed by atoms with van der Waals surface area (Å²) in [5.41, 5.74) is -1.70. The number of anilines is 1. The molecule has 1 N–H and O–H groups in total. The minimum atomic E-state index is -5.85. The predicted octanol–water partition coefficient (Wildman–Crippen LogP) is 6.56. The van der Waals surface area contributed by atoms with Crippen LogP contribution < -0.4 is 4.90 Å². The average Bonchev–Trinajstić information content (AvgIpc) is 3.32. The molecule has 1 saturated heterocycles. The molecule has 7 atom stereocenters. The molecular weight excluding hydrogens is 603 g/mol. The van der Waals surface area contributed by atoms with Crippen LogP contribution >= 0.6 is 0 Å². The van der Waals surface area contributed by atoms with E-state index in [0.29, 0.717) is 25.7 Å². The number of alkyl halides is 5. The van der Waals surface area contributed by atoms with Gasteiger partial charge in [-0.2, -0.15) is 22.0 Å². The van der Waals surface area contributed by atoms with E-state index in [1.807, 2.05) is 24.3 Å². The van der Waals surface area contributed by atoms with Gasteiger partial charge in [-0.3, -0.25) is 14.7 Å². The highest BCUT2D eigenvalue weighted by Gasteiger charge is 2.79. The van der Waals surface area contributed by atoms with E-state index in [0.717, 1.165) is 55.2 Å². The fourth-order valence-corrected chi connectivity index (χ4v) is 10.1. The molecule has 11 heteroatoms. The van der Waals surface area contributed by atoms with E-state index >= 15 is 8.78 Å². The Morgan fingerprint density at radius 3 is 2.37 bits per heavy atom. The van der Waals surface area contributed by atoms with Crippen molar-refractivity contribution in [2.45, 2.75) is 82.0 Å². The molecule has 6 nitrogen and oxygen atoms in total. The second-order valence-corrected chi connectivity index (χ2v) is 14.5. The molecule has 5 aliphatic rings. The van der Waals surface area contributed by atoms with Crippen LogP contribution in [0.3, 0.4) is 0 Å². The molecular formula is C35H41F5N4O2. The summed E-state index contributed by atoms with van der Waals surface area (Å²) < 4.78 is 72.1. The van der Waals surface area contributed by atoms with E-state index in [1.165, 1.54) is 6.92 Å². The third kappa shape index (κ3) is 4.98. The van der Waals surface area contributed by atoms with Gasteiger partial charge in [0.1, 0.15) is 11.4 Å². The number of fused-ring (bicyclic) bond motifs is 5. The zero-order valence-electron chi connectivity index (χ0n) is 26.0. The van der Waals surface area contributed by atoms with E-state index in [2.05, 4.69) is 19.8 Å². The first-order chi connectivity index (χ1) is 21.8. The molecule has 5 unspecified atom stereocenters. The van der Waals surface area contributed by atoms with Crippen LogP contribution in [0.1, 0.15) is 68.9 Å². The first-order valence-electron chi connectivity index (χ1n) is 16.5. The van der Waals surface area contributed by atoms with E-state index in [9.17, 15) is 23.1 Å². The Balaban J connectivity index is 1.16. The summed E-state index contributed by atoms with van der Waals surface area (Å²) in [6.45, 7) is 5.58. The number of ketones is 1. The summed E-state index contributed by atoms with van der Waals surface area (Å²) in [4.78, 5) is 25.5. The molecule has 1 aromatic carbocycles. The highest BCUT2D eigenvalue weighted by atomic mass is 19.4. The highest BCUT2D eigenvalue weighted by Crippen LogP contribution is 2.71. The molecule has 2 heterocycles. The maximum absolute atomic E-state index is 15.3. The lowest BCUT2D eigenvalue weighted by atomic mass is 9.46. The van der Waals surface area contributed by atoms with E-state index < -0.39 is 35.5 Å². The van der Waals surface area contributed by atoms with E-state index in [-0.39, 0.29) is 42.3 Å². The fraction of sp³-hybridized carbons (Fsp3) is 0.629. The van der Waals surface area contributed by atoms with Crippen molar-refractivity contribution in [3.05, 3.63) is 65.6 Å². The maximum Gasteiger partial charge on any atom is 0.456 e. The smallest absolute Gasteiger partial charge is 0.383 e. The van der Waals surface area contributed by atoms with E-state index in [1.54, 1.807) is 24.7 Å². The van der Waals surface area contributed by atoms with Crippen molar-refractivity contribution in [1.29, 1.82) is 0 Å². The Hall–Kier alpha value is -2.92. The van der Waals surface area contributed by atoms with Crippen LogP contribution in [0, 0.1) is 29.1 Å². The summed E-state index contributed by atoms with van der Waals surface area (Å²) in [6.07, 6.45) is 2.99. The van der Waals surface area contributed by atoms with Crippen LogP contribution in [-0.2, 0) is 11.3 Å². The largest absolute Gasteiger partial charge is 0.456 e. The standard InChI is InChI=1S/C35H41F5N4O2/c1-32-19-28(23-4-2-22(3-5-23)21-43-14-16-44(17-15-43)30-20-41-12-13-42-30)31-26-9-7-25(45)18-24(26)6-8-27(31)29(32)10-11-33(32,46)34(36,37)35(38,39)40/h2-5,12-13,18,20,26-29,31,46H,6-11,14-17,19,21H2,1H3/t26?,27?,28-,29?,31?,32?,33+/m1/s1. The van der Waals surface area contributed by atoms with Gasteiger partial charge in [0.15, 0.2) is 5.78 Å². The van der Waals surface area contributed by atoms with Crippen molar-refractivity contribution in [1.82, 2.24) is 14.9 Å². The van der Waals surface area contributed by atoms with Gasteiger partial charge in [-0.15, -0.1) is 0 Å². The van der Waals surface area contributed by atoms with Crippen molar-refractivity contribution >= 4 is 11.6 Å². The lowest BCUT2D eigenvalue weighted by molar-refractivity contribution is -0.364. The number of benzene rings is 1. The fourth-order valence-electron chi connectivity index (χ4n) is 10.1. The number of allylic oxidation sites excluding steroid dienone is 1. The highest BCUT2D eigenvalue weighted by molar-refractivity contribution is 5.91. The monoisotopic (exact) mass is 644 g/mol.